The highest BCUT2D eigenvalue weighted by Gasteiger charge is 2.38. The van der Waals surface area contributed by atoms with Crippen molar-refractivity contribution in [3.05, 3.63) is 64.1 Å². The predicted molar refractivity (Wildman–Crippen MR) is 130 cm³/mol. The number of anilines is 2. The molecule has 3 amide bonds. The normalized spacial score (nSPS) is 20.6. The molecular weight excluding hydrogens is 460 g/mol. The number of fused-ring (bicyclic) bond motifs is 1. The SMILES string of the molecule is CC1CC(C)(C)N(C)c2cc(F)c(/C=C3/SC(=O)N(CC(=O)Nc4ccccc4F)C3=O)cc21. The van der Waals surface area contributed by atoms with E-state index < -0.39 is 35.2 Å². The summed E-state index contributed by atoms with van der Waals surface area (Å²) in [6.07, 6.45) is 2.23. The third-order valence-electron chi connectivity index (χ3n) is 6.36. The van der Waals surface area contributed by atoms with E-state index in [1.54, 1.807) is 12.1 Å². The molecule has 0 radical (unpaired) electrons. The van der Waals surface area contributed by atoms with Crippen LogP contribution in [0.2, 0.25) is 0 Å². The van der Waals surface area contributed by atoms with E-state index in [0.717, 1.165) is 22.6 Å². The molecule has 1 unspecified atom stereocenters. The van der Waals surface area contributed by atoms with Crippen molar-refractivity contribution < 1.29 is 23.2 Å². The third-order valence-corrected chi connectivity index (χ3v) is 7.27. The number of imide groups is 1. The number of hydrogen-bond donors (Lipinski definition) is 1. The summed E-state index contributed by atoms with van der Waals surface area (Å²) in [5, 5.41) is 1.70. The lowest BCUT2D eigenvalue weighted by molar-refractivity contribution is -0.127. The number of carbonyl (C=O) groups excluding carboxylic acids is 3. The topological polar surface area (TPSA) is 69.7 Å². The first kappa shape index (κ1) is 23.9. The largest absolute Gasteiger partial charge is 0.369 e. The minimum absolute atomic E-state index is 0.0275. The molecule has 0 bridgehead atoms. The number of nitrogens with zero attached hydrogens (tertiary/aromatic N) is 2. The first-order valence-electron chi connectivity index (χ1n) is 10.8. The molecule has 0 aromatic heterocycles. The lowest BCUT2D eigenvalue weighted by atomic mass is 9.80. The van der Waals surface area contributed by atoms with E-state index in [9.17, 15) is 18.8 Å². The van der Waals surface area contributed by atoms with Gasteiger partial charge in [-0.1, -0.05) is 19.1 Å². The van der Waals surface area contributed by atoms with Gasteiger partial charge >= 0.3 is 0 Å². The lowest BCUT2D eigenvalue weighted by Gasteiger charge is -2.45. The van der Waals surface area contributed by atoms with Gasteiger partial charge in [-0.25, -0.2) is 8.78 Å². The molecular formula is C25H25F2N3O3S. The van der Waals surface area contributed by atoms with Gasteiger partial charge in [0.05, 0.1) is 10.6 Å². The Labute approximate surface area is 201 Å². The molecule has 1 atom stereocenters. The average molecular weight is 486 g/mol. The molecule has 0 saturated carbocycles. The van der Waals surface area contributed by atoms with Crippen LogP contribution in [0.15, 0.2) is 41.3 Å². The van der Waals surface area contributed by atoms with Crippen molar-refractivity contribution >= 4 is 46.3 Å². The van der Waals surface area contributed by atoms with Crippen LogP contribution in [0.25, 0.3) is 6.08 Å². The number of hydrogen-bond acceptors (Lipinski definition) is 5. The first-order valence-corrected chi connectivity index (χ1v) is 11.7. The Morgan fingerprint density at radius 2 is 1.91 bits per heavy atom. The fraction of sp³-hybridized carbons (Fsp3) is 0.320. The number of para-hydroxylation sites is 1. The molecule has 9 heteroatoms. The molecule has 6 nitrogen and oxygen atoms in total. The number of carbonyl (C=O) groups is 3. The van der Waals surface area contributed by atoms with Crippen LogP contribution in [0.3, 0.4) is 0 Å². The Balaban J connectivity index is 1.55. The van der Waals surface area contributed by atoms with Crippen molar-refractivity contribution in [2.24, 2.45) is 0 Å². The van der Waals surface area contributed by atoms with Crippen molar-refractivity contribution in [2.45, 2.75) is 38.6 Å². The van der Waals surface area contributed by atoms with Crippen molar-refractivity contribution in [2.75, 3.05) is 23.8 Å². The van der Waals surface area contributed by atoms with Crippen LogP contribution in [-0.2, 0) is 9.59 Å². The van der Waals surface area contributed by atoms with Crippen LogP contribution in [0.5, 0.6) is 0 Å². The van der Waals surface area contributed by atoms with Crippen LogP contribution in [-0.4, -0.2) is 41.1 Å². The van der Waals surface area contributed by atoms with E-state index in [4.69, 9.17) is 0 Å². The molecule has 0 aliphatic carbocycles. The standard InChI is InChI=1S/C25H25F2N3O3S/c1-14-12-25(2,3)29(4)20-11-18(27)15(9-16(14)20)10-21-23(32)30(24(33)34-21)13-22(31)28-19-8-6-5-7-17(19)26/h5-11,14H,12-13H2,1-4H3,(H,28,31)/b21-10+. The van der Waals surface area contributed by atoms with E-state index in [1.807, 2.05) is 7.05 Å². The number of benzene rings is 2. The maximum atomic E-state index is 15.0. The number of nitrogens with one attached hydrogen (secondary N) is 1. The second-order valence-electron chi connectivity index (χ2n) is 9.21. The van der Waals surface area contributed by atoms with Crippen molar-refractivity contribution in [3.8, 4) is 0 Å². The molecule has 178 valence electrons. The molecule has 2 aliphatic heterocycles. The highest BCUT2D eigenvalue weighted by molar-refractivity contribution is 8.18. The van der Waals surface area contributed by atoms with Crippen LogP contribution in [0, 0.1) is 11.6 Å². The molecule has 2 aliphatic rings. The van der Waals surface area contributed by atoms with Crippen molar-refractivity contribution in [1.82, 2.24) is 4.90 Å². The smallest absolute Gasteiger partial charge is 0.294 e. The quantitative estimate of drug-likeness (QED) is 0.591. The van der Waals surface area contributed by atoms with Gasteiger partial charge in [-0.15, -0.1) is 0 Å². The predicted octanol–water partition coefficient (Wildman–Crippen LogP) is 5.36. The summed E-state index contributed by atoms with van der Waals surface area (Å²) >= 11 is 0.643. The van der Waals surface area contributed by atoms with Crippen molar-refractivity contribution in [1.29, 1.82) is 0 Å². The summed E-state index contributed by atoms with van der Waals surface area (Å²) < 4.78 is 28.8. The Morgan fingerprint density at radius 3 is 2.62 bits per heavy atom. The van der Waals surface area contributed by atoms with Crippen LogP contribution >= 0.6 is 11.8 Å². The van der Waals surface area contributed by atoms with E-state index >= 15 is 4.39 Å². The Bertz CT molecular complexity index is 1230. The summed E-state index contributed by atoms with van der Waals surface area (Å²) in [7, 11) is 1.93. The molecule has 1 fully saturated rings. The molecule has 34 heavy (non-hydrogen) atoms. The van der Waals surface area contributed by atoms with Gasteiger partial charge in [0, 0.05) is 23.8 Å². The number of rotatable bonds is 4. The highest BCUT2D eigenvalue weighted by Crippen LogP contribution is 2.44. The van der Waals surface area contributed by atoms with E-state index in [1.165, 1.54) is 30.3 Å². The molecule has 2 aromatic carbocycles. The minimum atomic E-state index is -0.715. The Morgan fingerprint density at radius 1 is 1.21 bits per heavy atom. The van der Waals surface area contributed by atoms with E-state index in [-0.39, 0.29) is 27.6 Å². The van der Waals surface area contributed by atoms with Crippen LogP contribution in [0.4, 0.5) is 25.0 Å². The lowest BCUT2D eigenvalue weighted by Crippen LogP contribution is -2.45. The van der Waals surface area contributed by atoms with Crippen LogP contribution in [0.1, 0.15) is 44.2 Å². The highest BCUT2D eigenvalue weighted by atomic mass is 32.2. The molecule has 4 rings (SSSR count). The zero-order valence-corrected chi connectivity index (χ0v) is 20.1. The van der Waals surface area contributed by atoms with Gasteiger partial charge in [-0.3, -0.25) is 19.3 Å². The maximum absolute atomic E-state index is 15.0. The molecule has 1 saturated heterocycles. The van der Waals surface area contributed by atoms with Gasteiger partial charge in [0.25, 0.3) is 11.1 Å². The van der Waals surface area contributed by atoms with Gasteiger partial charge in [0.1, 0.15) is 18.2 Å². The summed E-state index contributed by atoms with van der Waals surface area (Å²) in [5.74, 6) is -2.35. The Kier molecular flexibility index (Phi) is 6.24. The number of halogens is 2. The maximum Gasteiger partial charge on any atom is 0.294 e. The Hall–Kier alpha value is -3.20. The third kappa shape index (κ3) is 4.44. The van der Waals surface area contributed by atoms with Gasteiger partial charge in [-0.2, -0.15) is 0 Å². The fourth-order valence-corrected chi connectivity index (χ4v) is 5.22. The fourth-order valence-electron chi connectivity index (χ4n) is 4.39. The van der Waals surface area contributed by atoms with Gasteiger partial charge in [0.15, 0.2) is 0 Å². The molecule has 2 aromatic rings. The summed E-state index contributed by atoms with van der Waals surface area (Å²) in [6.45, 7) is 5.73. The summed E-state index contributed by atoms with van der Waals surface area (Å²) in [5.41, 5.74) is 1.81. The molecule has 0 spiro atoms. The van der Waals surface area contributed by atoms with Crippen molar-refractivity contribution in [3.63, 3.8) is 0 Å². The van der Waals surface area contributed by atoms with Gasteiger partial charge < -0.3 is 10.2 Å². The number of amides is 3. The average Bonchev–Trinajstić information content (AvgIpc) is 3.02. The second-order valence-corrected chi connectivity index (χ2v) is 10.2. The second kappa shape index (κ2) is 8.87. The monoisotopic (exact) mass is 485 g/mol. The summed E-state index contributed by atoms with van der Waals surface area (Å²) in [6, 6.07) is 8.77. The molecule has 1 N–H and O–H groups in total. The van der Waals surface area contributed by atoms with E-state index in [2.05, 4.69) is 31.0 Å². The van der Waals surface area contributed by atoms with Gasteiger partial charge in [-0.05, 0) is 73.9 Å². The number of thioether (sulfide) groups is 1. The molecule has 2 heterocycles. The van der Waals surface area contributed by atoms with Gasteiger partial charge in [0.2, 0.25) is 5.91 Å². The van der Waals surface area contributed by atoms with E-state index in [0.29, 0.717) is 11.8 Å². The van der Waals surface area contributed by atoms with Crippen LogP contribution < -0.4 is 10.2 Å². The summed E-state index contributed by atoms with van der Waals surface area (Å²) in [4.78, 5) is 40.3. The first-order chi connectivity index (χ1) is 16.0. The minimum Gasteiger partial charge on any atom is -0.369 e. The zero-order valence-electron chi connectivity index (χ0n) is 19.3. The zero-order chi connectivity index (χ0) is 24.8.